The Morgan fingerprint density at radius 1 is 1.33 bits per heavy atom. The van der Waals surface area contributed by atoms with Gasteiger partial charge in [0, 0.05) is 13.0 Å². The van der Waals surface area contributed by atoms with E-state index in [1.807, 2.05) is 6.07 Å². The number of aliphatic carboxylic acids is 1. The summed E-state index contributed by atoms with van der Waals surface area (Å²) >= 11 is 0. The van der Waals surface area contributed by atoms with Crippen LogP contribution in [-0.2, 0) is 16.0 Å². The van der Waals surface area contributed by atoms with Gasteiger partial charge < -0.3 is 9.84 Å². The van der Waals surface area contributed by atoms with E-state index in [2.05, 4.69) is 0 Å². The number of hydrogen-bond donors (Lipinski definition) is 1. The highest BCUT2D eigenvalue weighted by Gasteiger charge is 2.51. The summed E-state index contributed by atoms with van der Waals surface area (Å²) in [6.45, 7) is 5.62. The van der Waals surface area contributed by atoms with E-state index in [-0.39, 0.29) is 6.42 Å². The summed E-state index contributed by atoms with van der Waals surface area (Å²) in [5.74, 6) is -1.03. The Kier molecular flexibility index (Phi) is 4.83. The van der Waals surface area contributed by atoms with Crippen molar-refractivity contribution in [2.24, 2.45) is 0 Å². The molecule has 6 heteroatoms. The first kappa shape index (κ1) is 17.8. The van der Waals surface area contributed by atoms with E-state index in [9.17, 15) is 14.7 Å². The van der Waals surface area contributed by atoms with Crippen LogP contribution >= 0.6 is 0 Å². The summed E-state index contributed by atoms with van der Waals surface area (Å²) < 4.78 is 5.38. The molecule has 1 fully saturated rings. The number of hydrogen-bond acceptors (Lipinski definition) is 4. The predicted octanol–water partition coefficient (Wildman–Crippen LogP) is 2.96. The van der Waals surface area contributed by atoms with Crippen LogP contribution in [0.4, 0.5) is 4.79 Å². The molecule has 1 amide bonds. The van der Waals surface area contributed by atoms with Gasteiger partial charge in [-0.15, -0.1) is 0 Å². The lowest BCUT2D eigenvalue weighted by atomic mass is 9.88. The number of amides is 1. The van der Waals surface area contributed by atoms with Gasteiger partial charge in [-0.05, 0) is 51.3 Å². The highest BCUT2D eigenvalue weighted by Crippen LogP contribution is 2.34. The third-order valence-corrected chi connectivity index (χ3v) is 4.08. The summed E-state index contributed by atoms with van der Waals surface area (Å²) in [4.78, 5) is 25.8. The Balaban J connectivity index is 2.29. The number of nitriles is 1. The van der Waals surface area contributed by atoms with Gasteiger partial charge in [0.15, 0.2) is 0 Å². The first-order chi connectivity index (χ1) is 11.2. The molecular formula is C18H22N2O4. The lowest BCUT2D eigenvalue weighted by molar-refractivity contribution is -0.149. The SMILES string of the molecule is CC(C)(C)OC(=O)N1CCC[C@@]1(Cc1ccc(C#N)cc1)C(=O)O. The van der Waals surface area contributed by atoms with E-state index in [0.717, 1.165) is 5.56 Å². The second-order valence-corrected chi connectivity index (χ2v) is 7.06. The van der Waals surface area contributed by atoms with Crippen LogP contribution in [0.15, 0.2) is 24.3 Å². The van der Waals surface area contributed by atoms with Crippen LogP contribution in [0, 0.1) is 11.3 Å². The third kappa shape index (κ3) is 3.67. The molecule has 1 aromatic rings. The maximum Gasteiger partial charge on any atom is 0.411 e. The molecule has 1 atom stereocenters. The zero-order valence-electron chi connectivity index (χ0n) is 14.2. The van der Waals surface area contributed by atoms with Gasteiger partial charge in [-0.1, -0.05) is 12.1 Å². The van der Waals surface area contributed by atoms with E-state index in [1.54, 1.807) is 45.0 Å². The fraction of sp³-hybridized carbons (Fsp3) is 0.500. The lowest BCUT2D eigenvalue weighted by Crippen LogP contribution is -2.55. The standard InChI is InChI=1S/C18H22N2O4/c1-17(2,3)24-16(23)20-10-4-9-18(20,15(21)22)11-13-5-7-14(12-19)8-6-13/h5-8H,4,9-11H2,1-3H3,(H,21,22)/t18-/m1/s1. The van der Waals surface area contributed by atoms with Crippen LogP contribution in [0.3, 0.4) is 0 Å². The molecule has 1 heterocycles. The molecular weight excluding hydrogens is 308 g/mol. The molecule has 1 N–H and O–H groups in total. The van der Waals surface area contributed by atoms with E-state index in [4.69, 9.17) is 10.00 Å². The highest BCUT2D eigenvalue weighted by molar-refractivity contribution is 5.85. The number of benzene rings is 1. The van der Waals surface area contributed by atoms with Crippen LogP contribution in [0.5, 0.6) is 0 Å². The van der Waals surface area contributed by atoms with Crippen molar-refractivity contribution in [3.8, 4) is 6.07 Å². The van der Waals surface area contributed by atoms with Gasteiger partial charge in [0.1, 0.15) is 11.1 Å². The van der Waals surface area contributed by atoms with Gasteiger partial charge in [0.25, 0.3) is 0 Å². The number of rotatable bonds is 3. The third-order valence-electron chi connectivity index (χ3n) is 4.08. The predicted molar refractivity (Wildman–Crippen MR) is 87.4 cm³/mol. The smallest absolute Gasteiger partial charge is 0.411 e. The van der Waals surface area contributed by atoms with E-state index in [0.29, 0.717) is 24.9 Å². The van der Waals surface area contributed by atoms with E-state index >= 15 is 0 Å². The minimum Gasteiger partial charge on any atom is -0.479 e. The molecule has 0 unspecified atom stereocenters. The Hall–Kier alpha value is -2.55. The molecule has 128 valence electrons. The summed E-state index contributed by atoms with van der Waals surface area (Å²) in [5, 5.41) is 18.7. The van der Waals surface area contributed by atoms with Crippen molar-refractivity contribution in [2.75, 3.05) is 6.54 Å². The van der Waals surface area contributed by atoms with Crippen molar-refractivity contribution in [3.05, 3.63) is 35.4 Å². The van der Waals surface area contributed by atoms with Gasteiger partial charge in [0.2, 0.25) is 0 Å². The maximum absolute atomic E-state index is 12.5. The molecule has 1 aliphatic rings. The van der Waals surface area contributed by atoms with Gasteiger partial charge in [-0.2, -0.15) is 5.26 Å². The molecule has 24 heavy (non-hydrogen) atoms. The van der Waals surface area contributed by atoms with Gasteiger partial charge >= 0.3 is 12.1 Å². The summed E-state index contributed by atoms with van der Waals surface area (Å²) in [7, 11) is 0. The molecule has 6 nitrogen and oxygen atoms in total. The number of carbonyl (C=O) groups excluding carboxylic acids is 1. The number of likely N-dealkylation sites (tertiary alicyclic amines) is 1. The highest BCUT2D eigenvalue weighted by atomic mass is 16.6. The van der Waals surface area contributed by atoms with Crippen LogP contribution in [-0.4, -0.2) is 39.8 Å². The van der Waals surface area contributed by atoms with Crippen LogP contribution in [0.2, 0.25) is 0 Å². The van der Waals surface area contributed by atoms with Crippen LogP contribution in [0.25, 0.3) is 0 Å². The number of carboxylic acids is 1. The monoisotopic (exact) mass is 330 g/mol. The fourth-order valence-electron chi connectivity index (χ4n) is 2.98. The molecule has 1 aromatic carbocycles. The topological polar surface area (TPSA) is 90.6 Å². The van der Waals surface area contributed by atoms with Gasteiger partial charge in [-0.3, -0.25) is 4.90 Å². The van der Waals surface area contributed by atoms with Crippen molar-refractivity contribution in [2.45, 2.75) is 51.2 Å². The second kappa shape index (κ2) is 6.52. The number of carbonyl (C=O) groups is 2. The van der Waals surface area contributed by atoms with Crippen molar-refractivity contribution in [1.29, 1.82) is 5.26 Å². The summed E-state index contributed by atoms with van der Waals surface area (Å²) in [5.41, 5.74) is -0.708. The van der Waals surface area contributed by atoms with E-state index < -0.39 is 23.2 Å². The first-order valence-electron chi connectivity index (χ1n) is 7.91. The Morgan fingerprint density at radius 2 is 1.96 bits per heavy atom. The number of nitrogens with zero attached hydrogens (tertiary/aromatic N) is 2. The van der Waals surface area contributed by atoms with Gasteiger partial charge in [-0.25, -0.2) is 9.59 Å². The number of carboxylic acid groups (broad SMARTS) is 1. The molecule has 1 saturated heterocycles. The molecule has 1 aliphatic heterocycles. The van der Waals surface area contributed by atoms with Crippen LogP contribution < -0.4 is 0 Å². The molecule has 0 spiro atoms. The lowest BCUT2D eigenvalue weighted by Gasteiger charge is -2.36. The normalized spacial score (nSPS) is 20.5. The van der Waals surface area contributed by atoms with Crippen LogP contribution in [0.1, 0.15) is 44.7 Å². The zero-order valence-corrected chi connectivity index (χ0v) is 14.2. The minimum absolute atomic E-state index is 0.188. The van der Waals surface area contributed by atoms with Gasteiger partial charge in [0.05, 0.1) is 11.6 Å². The van der Waals surface area contributed by atoms with Crippen molar-refractivity contribution >= 4 is 12.1 Å². The summed E-state index contributed by atoms with van der Waals surface area (Å²) in [6, 6.07) is 8.79. The quantitative estimate of drug-likeness (QED) is 0.920. The van der Waals surface area contributed by atoms with E-state index in [1.165, 1.54) is 4.90 Å². The maximum atomic E-state index is 12.5. The fourth-order valence-corrected chi connectivity index (χ4v) is 2.98. The molecule has 0 saturated carbocycles. The Bertz CT molecular complexity index is 670. The molecule has 0 aromatic heterocycles. The minimum atomic E-state index is -1.31. The second-order valence-electron chi connectivity index (χ2n) is 7.06. The Labute approximate surface area is 141 Å². The summed E-state index contributed by atoms with van der Waals surface area (Å²) in [6.07, 6.45) is 0.576. The molecule has 0 radical (unpaired) electrons. The largest absolute Gasteiger partial charge is 0.479 e. The Morgan fingerprint density at radius 3 is 2.46 bits per heavy atom. The zero-order chi connectivity index (χ0) is 18.0. The first-order valence-corrected chi connectivity index (χ1v) is 7.91. The average Bonchev–Trinajstić information content (AvgIpc) is 2.91. The van der Waals surface area contributed by atoms with Crippen molar-refractivity contribution < 1.29 is 19.4 Å². The molecule has 0 aliphatic carbocycles. The van der Waals surface area contributed by atoms with Crippen molar-refractivity contribution in [3.63, 3.8) is 0 Å². The van der Waals surface area contributed by atoms with Crippen molar-refractivity contribution in [1.82, 2.24) is 4.90 Å². The molecule has 2 rings (SSSR count). The average molecular weight is 330 g/mol. The number of ether oxygens (including phenoxy) is 1. The molecule has 0 bridgehead atoms.